The minimum Gasteiger partial charge on any atom is -0.379 e. The molecule has 102 valence electrons. The number of fused-ring (bicyclic) bond motifs is 1. The molecule has 1 nitrogen and oxygen atoms in total. The zero-order chi connectivity index (χ0) is 14.1. The molecule has 0 spiro atoms. The molecule has 0 fully saturated rings. The first kappa shape index (κ1) is 14.0. The Labute approximate surface area is 136 Å². The van der Waals surface area contributed by atoms with Crippen molar-refractivity contribution in [1.29, 1.82) is 0 Å². The fraction of sp³-hybridized carbons (Fsp3) is 0.0667. The molecule has 5 heteroatoms. The highest BCUT2D eigenvalue weighted by Crippen LogP contribution is 2.36. The summed E-state index contributed by atoms with van der Waals surface area (Å²) < 4.78 is 1.19. The molecule has 0 unspecified atom stereocenters. The highest BCUT2D eigenvalue weighted by Gasteiger charge is 2.10. The molecule has 0 bridgehead atoms. The monoisotopic (exact) mass is 341 g/mol. The van der Waals surface area contributed by atoms with Crippen molar-refractivity contribution in [3.05, 3.63) is 62.4 Å². The molecule has 0 radical (unpaired) electrons. The Kier molecular flexibility index (Phi) is 4.08. The van der Waals surface area contributed by atoms with Crippen molar-refractivity contribution in [3.8, 4) is 0 Å². The van der Waals surface area contributed by atoms with E-state index in [9.17, 15) is 0 Å². The van der Waals surface area contributed by atoms with E-state index in [-0.39, 0.29) is 0 Å². The first-order chi connectivity index (χ1) is 9.65. The molecule has 0 aliphatic heterocycles. The van der Waals surface area contributed by atoms with E-state index in [1.165, 1.54) is 4.70 Å². The summed E-state index contributed by atoms with van der Waals surface area (Å²) in [5, 5.41) is 6.43. The second kappa shape index (κ2) is 5.82. The van der Waals surface area contributed by atoms with Gasteiger partial charge in [0.15, 0.2) is 0 Å². The van der Waals surface area contributed by atoms with Gasteiger partial charge in [0, 0.05) is 20.0 Å². The van der Waals surface area contributed by atoms with Crippen LogP contribution in [0.5, 0.6) is 0 Å². The van der Waals surface area contributed by atoms with Gasteiger partial charge in [-0.2, -0.15) is 0 Å². The first-order valence-electron chi connectivity index (χ1n) is 6.00. The summed E-state index contributed by atoms with van der Waals surface area (Å²) in [6, 6.07) is 13.5. The normalized spacial score (nSPS) is 10.9. The van der Waals surface area contributed by atoms with Crippen molar-refractivity contribution < 1.29 is 0 Å². The predicted octanol–water partition coefficient (Wildman–Crippen LogP) is 6.47. The van der Waals surface area contributed by atoms with Gasteiger partial charge in [0.25, 0.3) is 0 Å². The molecular formula is C15H10Cl3NS. The highest BCUT2D eigenvalue weighted by molar-refractivity contribution is 7.19. The molecule has 1 aromatic heterocycles. The van der Waals surface area contributed by atoms with Crippen LogP contribution in [-0.2, 0) is 6.54 Å². The van der Waals surface area contributed by atoms with Crippen LogP contribution in [-0.4, -0.2) is 0 Å². The molecule has 0 aliphatic carbocycles. The van der Waals surface area contributed by atoms with Gasteiger partial charge in [-0.3, -0.25) is 0 Å². The van der Waals surface area contributed by atoms with E-state index in [0.29, 0.717) is 16.6 Å². The van der Waals surface area contributed by atoms with E-state index in [2.05, 4.69) is 11.4 Å². The lowest BCUT2D eigenvalue weighted by Gasteiger charge is -2.07. The third kappa shape index (κ3) is 2.75. The third-order valence-corrected chi connectivity index (χ3v) is 5.23. The van der Waals surface area contributed by atoms with Gasteiger partial charge in [-0.05, 0) is 24.3 Å². The van der Waals surface area contributed by atoms with Crippen LogP contribution in [0.4, 0.5) is 5.69 Å². The van der Waals surface area contributed by atoms with Gasteiger partial charge in [-0.25, -0.2) is 0 Å². The van der Waals surface area contributed by atoms with Crippen LogP contribution in [0.15, 0.2) is 42.5 Å². The van der Waals surface area contributed by atoms with E-state index >= 15 is 0 Å². The molecule has 1 N–H and O–H groups in total. The summed E-state index contributed by atoms with van der Waals surface area (Å²) in [5.74, 6) is 0. The fourth-order valence-electron chi connectivity index (χ4n) is 1.99. The standard InChI is InChI=1S/C15H10Cl3NS/c16-9-5-6-12(11(17)7-9)19-8-14-15(18)10-3-1-2-4-13(10)20-14/h1-7,19H,8H2. The summed E-state index contributed by atoms with van der Waals surface area (Å²) in [7, 11) is 0. The number of anilines is 1. The van der Waals surface area contributed by atoms with Gasteiger partial charge in [-0.1, -0.05) is 53.0 Å². The smallest absolute Gasteiger partial charge is 0.0652 e. The Morgan fingerprint density at radius 3 is 2.55 bits per heavy atom. The van der Waals surface area contributed by atoms with Crippen LogP contribution >= 0.6 is 46.1 Å². The van der Waals surface area contributed by atoms with E-state index in [1.54, 1.807) is 17.4 Å². The van der Waals surface area contributed by atoms with Gasteiger partial charge >= 0.3 is 0 Å². The average Bonchev–Trinajstić information content (AvgIpc) is 2.75. The fourth-order valence-corrected chi connectivity index (χ4v) is 3.90. The van der Waals surface area contributed by atoms with E-state index in [4.69, 9.17) is 34.8 Å². The molecule has 0 amide bonds. The lowest BCUT2D eigenvalue weighted by Crippen LogP contribution is -1.98. The number of rotatable bonds is 3. The van der Waals surface area contributed by atoms with Crippen LogP contribution in [0, 0.1) is 0 Å². The quantitative estimate of drug-likeness (QED) is 0.575. The Morgan fingerprint density at radius 1 is 1.00 bits per heavy atom. The van der Waals surface area contributed by atoms with E-state index in [0.717, 1.165) is 21.0 Å². The van der Waals surface area contributed by atoms with Crippen molar-refractivity contribution in [2.75, 3.05) is 5.32 Å². The Hall–Kier alpha value is -0.930. The Balaban J connectivity index is 1.85. The van der Waals surface area contributed by atoms with Crippen molar-refractivity contribution in [2.45, 2.75) is 6.54 Å². The number of hydrogen-bond acceptors (Lipinski definition) is 2. The van der Waals surface area contributed by atoms with Crippen molar-refractivity contribution in [2.24, 2.45) is 0 Å². The molecule has 0 atom stereocenters. The largest absolute Gasteiger partial charge is 0.379 e. The molecule has 3 rings (SSSR count). The maximum Gasteiger partial charge on any atom is 0.0652 e. The predicted molar refractivity (Wildman–Crippen MR) is 90.6 cm³/mol. The summed E-state index contributed by atoms with van der Waals surface area (Å²) in [6.07, 6.45) is 0. The molecule has 0 saturated heterocycles. The SMILES string of the molecule is Clc1ccc(NCc2sc3ccccc3c2Cl)c(Cl)c1. The van der Waals surface area contributed by atoms with Gasteiger partial charge in [0.05, 0.1) is 22.3 Å². The van der Waals surface area contributed by atoms with E-state index in [1.807, 2.05) is 30.3 Å². The Bertz CT molecular complexity index is 767. The number of halogens is 3. The van der Waals surface area contributed by atoms with Crippen LogP contribution in [0.3, 0.4) is 0 Å². The zero-order valence-electron chi connectivity index (χ0n) is 10.3. The topological polar surface area (TPSA) is 12.0 Å². The highest BCUT2D eigenvalue weighted by atomic mass is 35.5. The molecule has 0 aliphatic rings. The third-order valence-electron chi connectivity index (χ3n) is 2.97. The van der Waals surface area contributed by atoms with Gasteiger partial charge in [0.1, 0.15) is 0 Å². The maximum absolute atomic E-state index is 6.40. The molecular weight excluding hydrogens is 333 g/mol. The average molecular weight is 343 g/mol. The van der Waals surface area contributed by atoms with E-state index < -0.39 is 0 Å². The van der Waals surface area contributed by atoms with Crippen LogP contribution in [0.2, 0.25) is 15.1 Å². The molecule has 3 aromatic rings. The minimum absolute atomic E-state index is 0.606. The van der Waals surface area contributed by atoms with Crippen molar-refractivity contribution in [1.82, 2.24) is 0 Å². The van der Waals surface area contributed by atoms with Crippen LogP contribution in [0.1, 0.15) is 4.88 Å². The summed E-state index contributed by atoms with van der Waals surface area (Å²) >= 11 is 20.1. The number of benzene rings is 2. The molecule has 2 aromatic carbocycles. The number of nitrogens with one attached hydrogen (secondary N) is 1. The lowest BCUT2D eigenvalue weighted by atomic mass is 10.2. The van der Waals surface area contributed by atoms with Crippen molar-refractivity contribution >= 4 is 61.9 Å². The molecule has 0 saturated carbocycles. The van der Waals surface area contributed by atoms with Gasteiger partial charge < -0.3 is 5.32 Å². The summed E-state index contributed by atoms with van der Waals surface area (Å²) in [4.78, 5) is 1.10. The van der Waals surface area contributed by atoms with Crippen LogP contribution in [0.25, 0.3) is 10.1 Å². The zero-order valence-corrected chi connectivity index (χ0v) is 13.4. The molecule has 20 heavy (non-hydrogen) atoms. The Morgan fingerprint density at radius 2 is 1.80 bits per heavy atom. The second-order valence-electron chi connectivity index (χ2n) is 4.31. The summed E-state index contributed by atoms with van der Waals surface area (Å²) in [5.41, 5.74) is 0.851. The lowest BCUT2D eigenvalue weighted by molar-refractivity contribution is 1.19. The number of hydrogen-bond donors (Lipinski definition) is 1. The second-order valence-corrected chi connectivity index (χ2v) is 6.67. The first-order valence-corrected chi connectivity index (χ1v) is 7.95. The van der Waals surface area contributed by atoms with Crippen LogP contribution < -0.4 is 5.32 Å². The molecule has 1 heterocycles. The minimum atomic E-state index is 0.606. The summed E-state index contributed by atoms with van der Waals surface area (Å²) in [6.45, 7) is 0.638. The number of thiophene rings is 1. The van der Waals surface area contributed by atoms with Crippen molar-refractivity contribution in [3.63, 3.8) is 0 Å². The van der Waals surface area contributed by atoms with Gasteiger partial charge in [0.2, 0.25) is 0 Å². The maximum atomic E-state index is 6.40. The van der Waals surface area contributed by atoms with Gasteiger partial charge in [-0.15, -0.1) is 11.3 Å².